The fourth-order valence-electron chi connectivity index (χ4n) is 2.87. The monoisotopic (exact) mass is 338 g/mol. The molecule has 1 aliphatic rings. The Balaban J connectivity index is 1.49. The molecule has 0 spiro atoms. The number of piperazine rings is 1. The summed E-state index contributed by atoms with van der Waals surface area (Å²) in [4.78, 5) is 30.9. The highest BCUT2D eigenvalue weighted by atomic mass is 16.1. The van der Waals surface area contributed by atoms with Crippen LogP contribution in [0.25, 0.3) is 0 Å². The van der Waals surface area contributed by atoms with Gasteiger partial charge in [0.15, 0.2) is 0 Å². The van der Waals surface area contributed by atoms with Crippen LogP contribution in [-0.2, 0) is 16.0 Å². The van der Waals surface area contributed by atoms with Crippen LogP contribution < -0.4 is 10.2 Å². The molecule has 0 bridgehead atoms. The first-order chi connectivity index (χ1) is 12.2. The van der Waals surface area contributed by atoms with Crippen molar-refractivity contribution in [3.63, 3.8) is 0 Å². The summed E-state index contributed by atoms with van der Waals surface area (Å²) in [7, 11) is 0. The number of hydrogen-bond donors (Lipinski definition) is 1. The van der Waals surface area contributed by atoms with Crippen LogP contribution in [0, 0.1) is 0 Å². The van der Waals surface area contributed by atoms with Crippen molar-refractivity contribution >= 4 is 23.7 Å². The minimum absolute atomic E-state index is 0.00352. The lowest BCUT2D eigenvalue weighted by Crippen LogP contribution is -2.45. The molecular formula is C19H22N4O2. The highest BCUT2D eigenvalue weighted by molar-refractivity contribution is 5.91. The Hall–Kier alpha value is -2.89. The zero-order chi connectivity index (χ0) is 17.5. The van der Waals surface area contributed by atoms with E-state index < -0.39 is 0 Å². The number of rotatable bonds is 6. The normalized spacial score (nSPS) is 14.2. The third kappa shape index (κ3) is 4.79. The summed E-state index contributed by atoms with van der Waals surface area (Å²) < 4.78 is 0. The van der Waals surface area contributed by atoms with Crippen LogP contribution in [-0.4, -0.2) is 48.4 Å². The molecule has 2 amide bonds. The SMILES string of the molecule is O=CN1CCN(c2ccc(NC(=O)CCc3cccnc3)cc2)CC1. The van der Waals surface area contributed by atoms with Gasteiger partial charge in [0.25, 0.3) is 0 Å². The van der Waals surface area contributed by atoms with Gasteiger partial charge in [-0.2, -0.15) is 0 Å². The Kier molecular flexibility index (Phi) is 5.61. The second kappa shape index (κ2) is 8.28. The molecule has 1 N–H and O–H groups in total. The summed E-state index contributed by atoms with van der Waals surface area (Å²) in [6.07, 6.45) is 5.53. The van der Waals surface area contributed by atoms with Gasteiger partial charge in [-0.1, -0.05) is 6.07 Å². The molecule has 0 atom stereocenters. The summed E-state index contributed by atoms with van der Waals surface area (Å²) >= 11 is 0. The van der Waals surface area contributed by atoms with E-state index in [0.29, 0.717) is 12.8 Å². The summed E-state index contributed by atoms with van der Waals surface area (Å²) in [6.45, 7) is 3.15. The number of nitrogens with zero attached hydrogens (tertiary/aromatic N) is 3. The number of hydrogen-bond acceptors (Lipinski definition) is 4. The predicted octanol–water partition coefficient (Wildman–Crippen LogP) is 1.93. The van der Waals surface area contributed by atoms with Crippen LogP contribution in [0.15, 0.2) is 48.8 Å². The Labute approximate surface area is 147 Å². The van der Waals surface area contributed by atoms with Gasteiger partial charge < -0.3 is 15.1 Å². The van der Waals surface area contributed by atoms with Gasteiger partial charge in [0.2, 0.25) is 12.3 Å². The molecule has 130 valence electrons. The number of pyridine rings is 1. The fourth-order valence-corrected chi connectivity index (χ4v) is 2.87. The van der Waals surface area contributed by atoms with Gasteiger partial charge in [-0.05, 0) is 42.3 Å². The van der Waals surface area contributed by atoms with Gasteiger partial charge in [0.1, 0.15) is 0 Å². The second-order valence-electron chi connectivity index (χ2n) is 6.08. The molecule has 1 saturated heterocycles. The van der Waals surface area contributed by atoms with Crippen molar-refractivity contribution in [3.05, 3.63) is 54.4 Å². The van der Waals surface area contributed by atoms with Crippen molar-refractivity contribution in [2.75, 3.05) is 36.4 Å². The number of benzene rings is 1. The van der Waals surface area contributed by atoms with Gasteiger partial charge >= 0.3 is 0 Å². The van der Waals surface area contributed by atoms with E-state index in [9.17, 15) is 9.59 Å². The van der Waals surface area contributed by atoms with E-state index >= 15 is 0 Å². The van der Waals surface area contributed by atoms with Gasteiger partial charge in [-0.3, -0.25) is 14.6 Å². The number of amides is 2. The zero-order valence-electron chi connectivity index (χ0n) is 14.1. The lowest BCUT2D eigenvalue weighted by Gasteiger charge is -2.34. The van der Waals surface area contributed by atoms with E-state index in [1.165, 1.54) is 0 Å². The van der Waals surface area contributed by atoms with E-state index in [0.717, 1.165) is 49.5 Å². The molecule has 1 aliphatic heterocycles. The summed E-state index contributed by atoms with van der Waals surface area (Å²) in [5, 5.41) is 2.93. The molecule has 2 heterocycles. The fraction of sp³-hybridized carbons (Fsp3) is 0.316. The molecule has 2 aromatic rings. The molecule has 0 unspecified atom stereocenters. The predicted molar refractivity (Wildman–Crippen MR) is 97.5 cm³/mol. The molecular weight excluding hydrogens is 316 g/mol. The maximum Gasteiger partial charge on any atom is 0.224 e. The summed E-state index contributed by atoms with van der Waals surface area (Å²) in [6, 6.07) is 11.7. The first kappa shape index (κ1) is 17.0. The van der Waals surface area contributed by atoms with Crippen LogP contribution in [0.2, 0.25) is 0 Å². The van der Waals surface area contributed by atoms with Gasteiger partial charge in [-0.25, -0.2) is 0 Å². The third-order valence-electron chi connectivity index (χ3n) is 4.34. The molecule has 25 heavy (non-hydrogen) atoms. The average molecular weight is 338 g/mol. The Morgan fingerprint density at radius 2 is 1.88 bits per heavy atom. The Morgan fingerprint density at radius 3 is 2.52 bits per heavy atom. The molecule has 0 saturated carbocycles. The smallest absolute Gasteiger partial charge is 0.224 e. The van der Waals surface area contributed by atoms with Crippen LogP contribution in [0.3, 0.4) is 0 Å². The molecule has 6 nitrogen and oxygen atoms in total. The van der Waals surface area contributed by atoms with Crippen molar-refractivity contribution in [2.24, 2.45) is 0 Å². The van der Waals surface area contributed by atoms with Crippen molar-refractivity contribution in [3.8, 4) is 0 Å². The minimum Gasteiger partial charge on any atom is -0.368 e. The van der Waals surface area contributed by atoms with E-state index in [1.807, 2.05) is 36.4 Å². The molecule has 1 fully saturated rings. The standard InChI is InChI=1S/C19H22N4O2/c24-15-22-10-12-23(13-11-22)18-6-4-17(5-7-18)21-19(25)8-3-16-2-1-9-20-14-16/h1-2,4-7,9,14-15H,3,8,10-13H2,(H,21,25). The second-order valence-corrected chi connectivity index (χ2v) is 6.08. The average Bonchev–Trinajstić information content (AvgIpc) is 2.68. The van der Waals surface area contributed by atoms with Gasteiger partial charge in [0.05, 0.1) is 0 Å². The van der Waals surface area contributed by atoms with Crippen molar-refractivity contribution in [1.82, 2.24) is 9.88 Å². The largest absolute Gasteiger partial charge is 0.368 e. The highest BCUT2D eigenvalue weighted by Gasteiger charge is 2.15. The quantitative estimate of drug-likeness (QED) is 0.818. The third-order valence-corrected chi connectivity index (χ3v) is 4.34. The van der Waals surface area contributed by atoms with Crippen LogP contribution in [0.1, 0.15) is 12.0 Å². The molecule has 6 heteroatoms. The van der Waals surface area contributed by atoms with E-state index in [-0.39, 0.29) is 5.91 Å². The maximum atomic E-state index is 12.1. The number of carbonyl (C=O) groups is 2. The first-order valence-corrected chi connectivity index (χ1v) is 8.48. The van der Waals surface area contributed by atoms with Crippen molar-refractivity contribution < 1.29 is 9.59 Å². The van der Waals surface area contributed by atoms with Gasteiger partial charge in [0, 0.05) is 56.4 Å². The van der Waals surface area contributed by atoms with Gasteiger partial charge in [-0.15, -0.1) is 0 Å². The lowest BCUT2D eigenvalue weighted by molar-refractivity contribution is -0.118. The summed E-state index contributed by atoms with van der Waals surface area (Å²) in [5.41, 5.74) is 2.97. The molecule has 1 aromatic heterocycles. The summed E-state index contributed by atoms with van der Waals surface area (Å²) in [5.74, 6) is -0.00352. The molecule has 3 rings (SSSR count). The molecule has 1 aromatic carbocycles. The minimum atomic E-state index is -0.00352. The highest BCUT2D eigenvalue weighted by Crippen LogP contribution is 2.19. The van der Waals surface area contributed by atoms with Crippen LogP contribution in [0.5, 0.6) is 0 Å². The number of nitrogens with one attached hydrogen (secondary N) is 1. The topological polar surface area (TPSA) is 65.5 Å². The van der Waals surface area contributed by atoms with E-state index in [4.69, 9.17) is 0 Å². The Bertz CT molecular complexity index is 695. The van der Waals surface area contributed by atoms with Crippen molar-refractivity contribution in [2.45, 2.75) is 12.8 Å². The lowest BCUT2D eigenvalue weighted by atomic mass is 10.1. The molecule has 0 aliphatic carbocycles. The zero-order valence-corrected chi connectivity index (χ0v) is 14.1. The number of aryl methyl sites for hydroxylation is 1. The first-order valence-electron chi connectivity index (χ1n) is 8.48. The molecule has 0 radical (unpaired) electrons. The Morgan fingerprint density at radius 1 is 1.12 bits per heavy atom. The maximum absolute atomic E-state index is 12.1. The van der Waals surface area contributed by atoms with E-state index in [2.05, 4.69) is 15.2 Å². The van der Waals surface area contributed by atoms with Crippen LogP contribution in [0.4, 0.5) is 11.4 Å². The van der Waals surface area contributed by atoms with E-state index in [1.54, 1.807) is 17.3 Å². The van der Waals surface area contributed by atoms with Crippen molar-refractivity contribution in [1.29, 1.82) is 0 Å². The number of carbonyl (C=O) groups excluding carboxylic acids is 2. The number of anilines is 2. The number of aromatic nitrogens is 1. The van der Waals surface area contributed by atoms with Crippen LogP contribution >= 0.6 is 0 Å².